The third kappa shape index (κ3) is 3.55. The summed E-state index contributed by atoms with van der Waals surface area (Å²) >= 11 is 0. The van der Waals surface area contributed by atoms with Crippen LogP contribution in [0, 0.1) is 10.1 Å². The molecule has 0 saturated heterocycles. The third-order valence-electron chi connectivity index (χ3n) is 2.09. The number of nitro benzene ring substituents is 1. The van der Waals surface area contributed by atoms with E-state index in [0.717, 1.165) is 0 Å². The summed E-state index contributed by atoms with van der Waals surface area (Å²) in [7, 11) is 0. The van der Waals surface area contributed by atoms with Crippen LogP contribution >= 0.6 is 0 Å². The molecule has 0 aliphatic carbocycles. The summed E-state index contributed by atoms with van der Waals surface area (Å²) in [5, 5.41) is 19.2. The zero-order chi connectivity index (χ0) is 13.7. The number of hydrogen-bond donors (Lipinski definition) is 1. The van der Waals surface area contributed by atoms with E-state index in [4.69, 9.17) is 9.84 Å². The van der Waals surface area contributed by atoms with E-state index in [1.807, 2.05) is 0 Å². The quantitative estimate of drug-likeness (QED) is 0.485. The van der Waals surface area contributed by atoms with Crippen molar-refractivity contribution in [1.29, 1.82) is 0 Å². The number of hydrogen-bond acceptors (Lipinski definition) is 5. The maximum Gasteiger partial charge on any atom is 0.345 e. The summed E-state index contributed by atoms with van der Waals surface area (Å²) in [6.07, 6.45) is -1.21. The molecule has 0 aromatic heterocycles. The number of nitro groups is 1. The van der Waals surface area contributed by atoms with Crippen LogP contribution in [0.2, 0.25) is 0 Å². The van der Waals surface area contributed by atoms with Crippen LogP contribution in [0.4, 0.5) is 5.69 Å². The normalized spacial score (nSPS) is 11.6. The van der Waals surface area contributed by atoms with Gasteiger partial charge in [-0.1, -0.05) is 12.1 Å². The summed E-state index contributed by atoms with van der Waals surface area (Å²) in [6.45, 7) is 1.40. The maximum absolute atomic E-state index is 11.6. The number of aliphatic carboxylic acids is 1. The zero-order valence-corrected chi connectivity index (χ0v) is 9.53. The van der Waals surface area contributed by atoms with Crippen molar-refractivity contribution >= 4 is 17.6 Å². The largest absolute Gasteiger partial charge is 0.481 e. The number of nitrogens with zero attached hydrogens (tertiary/aromatic N) is 1. The van der Waals surface area contributed by atoms with Crippen LogP contribution in [-0.4, -0.2) is 28.1 Å². The van der Waals surface area contributed by atoms with E-state index >= 15 is 0 Å². The molecule has 18 heavy (non-hydrogen) atoms. The molecule has 0 aliphatic rings. The molecule has 0 saturated carbocycles. The Morgan fingerprint density at radius 1 is 1.44 bits per heavy atom. The number of benzene rings is 1. The first-order valence-electron chi connectivity index (χ1n) is 5.08. The molecule has 0 heterocycles. The third-order valence-corrected chi connectivity index (χ3v) is 2.09. The van der Waals surface area contributed by atoms with Gasteiger partial charge in [0, 0.05) is 6.07 Å². The Morgan fingerprint density at radius 3 is 2.61 bits per heavy atom. The van der Waals surface area contributed by atoms with Crippen molar-refractivity contribution < 1.29 is 24.4 Å². The van der Waals surface area contributed by atoms with Crippen molar-refractivity contribution in [3.05, 3.63) is 39.9 Å². The second kappa shape index (κ2) is 5.76. The molecule has 0 fully saturated rings. The van der Waals surface area contributed by atoms with E-state index in [0.29, 0.717) is 0 Å². The monoisotopic (exact) mass is 253 g/mol. The molecule has 1 atom stereocenters. The van der Waals surface area contributed by atoms with Gasteiger partial charge >= 0.3 is 11.9 Å². The zero-order valence-electron chi connectivity index (χ0n) is 9.53. The Hall–Kier alpha value is -2.44. The molecule has 0 amide bonds. The highest BCUT2D eigenvalue weighted by molar-refractivity contribution is 5.94. The van der Waals surface area contributed by atoms with Gasteiger partial charge in [-0.25, -0.2) is 4.79 Å². The lowest BCUT2D eigenvalue weighted by molar-refractivity contribution is -0.385. The number of carboxylic acid groups (broad SMARTS) is 1. The maximum atomic E-state index is 11.6. The van der Waals surface area contributed by atoms with E-state index < -0.39 is 23.0 Å². The lowest BCUT2D eigenvalue weighted by Crippen LogP contribution is -2.19. The molecule has 1 aromatic carbocycles. The highest BCUT2D eigenvalue weighted by Crippen LogP contribution is 2.19. The van der Waals surface area contributed by atoms with Gasteiger partial charge in [0.05, 0.1) is 11.3 Å². The Balaban J connectivity index is 2.84. The molecule has 7 heteroatoms. The van der Waals surface area contributed by atoms with Crippen molar-refractivity contribution in [2.45, 2.75) is 19.4 Å². The Morgan fingerprint density at radius 2 is 2.06 bits per heavy atom. The minimum absolute atomic E-state index is 0.195. The van der Waals surface area contributed by atoms with Crippen LogP contribution in [0.3, 0.4) is 0 Å². The van der Waals surface area contributed by atoms with Crippen LogP contribution in [0.5, 0.6) is 0 Å². The minimum atomic E-state index is -1.11. The summed E-state index contributed by atoms with van der Waals surface area (Å²) in [4.78, 5) is 32.0. The summed E-state index contributed by atoms with van der Waals surface area (Å²) in [6, 6.07) is 5.33. The number of para-hydroxylation sites is 1. The number of carbonyl (C=O) groups excluding carboxylic acids is 1. The first kappa shape index (κ1) is 13.6. The summed E-state index contributed by atoms with van der Waals surface area (Å²) in [5.41, 5.74) is -0.565. The van der Waals surface area contributed by atoms with Crippen molar-refractivity contribution in [3.63, 3.8) is 0 Å². The Bertz CT molecular complexity index is 484. The first-order valence-corrected chi connectivity index (χ1v) is 5.08. The van der Waals surface area contributed by atoms with Gasteiger partial charge in [0.25, 0.3) is 5.69 Å². The highest BCUT2D eigenvalue weighted by atomic mass is 16.6. The Kier molecular flexibility index (Phi) is 4.36. The fraction of sp³-hybridized carbons (Fsp3) is 0.273. The lowest BCUT2D eigenvalue weighted by Gasteiger charge is -2.10. The van der Waals surface area contributed by atoms with Crippen molar-refractivity contribution in [3.8, 4) is 0 Å². The van der Waals surface area contributed by atoms with E-state index in [2.05, 4.69) is 0 Å². The van der Waals surface area contributed by atoms with E-state index in [1.165, 1.54) is 31.2 Å². The molecule has 1 aromatic rings. The SMILES string of the molecule is CC(CC(=O)O)OC(=O)c1ccccc1[N+](=O)[O-]. The minimum Gasteiger partial charge on any atom is -0.481 e. The molecule has 0 radical (unpaired) electrons. The summed E-state index contributed by atoms with van der Waals surface area (Å²) < 4.78 is 4.81. The molecule has 1 unspecified atom stereocenters. The number of carboxylic acids is 1. The predicted molar refractivity (Wildman–Crippen MR) is 60.2 cm³/mol. The highest BCUT2D eigenvalue weighted by Gasteiger charge is 2.22. The molecule has 1 rings (SSSR count). The molecule has 1 N–H and O–H groups in total. The van der Waals surface area contributed by atoms with E-state index in [9.17, 15) is 19.7 Å². The number of ether oxygens (including phenoxy) is 1. The van der Waals surface area contributed by atoms with Gasteiger partial charge in [-0.2, -0.15) is 0 Å². The molecule has 0 spiro atoms. The fourth-order valence-electron chi connectivity index (χ4n) is 1.34. The fourth-order valence-corrected chi connectivity index (χ4v) is 1.34. The van der Waals surface area contributed by atoms with Gasteiger partial charge in [0.2, 0.25) is 0 Å². The van der Waals surface area contributed by atoms with Crippen LogP contribution in [0.1, 0.15) is 23.7 Å². The standard InChI is InChI=1S/C11H11NO6/c1-7(6-10(13)14)18-11(15)8-4-2-3-5-9(8)12(16)17/h2-5,7H,6H2,1H3,(H,13,14). The Labute approximate surface area is 102 Å². The van der Waals surface area contributed by atoms with Crippen LogP contribution in [0.25, 0.3) is 0 Å². The van der Waals surface area contributed by atoms with Crippen molar-refractivity contribution in [1.82, 2.24) is 0 Å². The van der Waals surface area contributed by atoms with Gasteiger partial charge < -0.3 is 9.84 Å². The van der Waals surface area contributed by atoms with Crippen LogP contribution < -0.4 is 0 Å². The van der Waals surface area contributed by atoms with Gasteiger partial charge in [0.15, 0.2) is 0 Å². The van der Waals surface area contributed by atoms with Crippen LogP contribution in [-0.2, 0) is 9.53 Å². The second-order valence-corrected chi connectivity index (χ2v) is 3.59. The number of rotatable bonds is 5. The molecular weight excluding hydrogens is 242 g/mol. The molecule has 0 aliphatic heterocycles. The molecular formula is C11H11NO6. The van der Waals surface area contributed by atoms with Gasteiger partial charge in [-0.3, -0.25) is 14.9 Å². The van der Waals surface area contributed by atoms with E-state index in [-0.39, 0.29) is 17.7 Å². The summed E-state index contributed by atoms with van der Waals surface area (Å²) in [5.74, 6) is -2.02. The first-order chi connectivity index (χ1) is 8.41. The predicted octanol–water partition coefficient (Wildman–Crippen LogP) is 1.61. The molecule has 7 nitrogen and oxygen atoms in total. The lowest BCUT2D eigenvalue weighted by atomic mass is 10.2. The number of carbonyl (C=O) groups is 2. The molecule has 0 bridgehead atoms. The van der Waals surface area contributed by atoms with Crippen LogP contribution in [0.15, 0.2) is 24.3 Å². The van der Waals surface area contributed by atoms with E-state index in [1.54, 1.807) is 0 Å². The second-order valence-electron chi connectivity index (χ2n) is 3.59. The average molecular weight is 253 g/mol. The van der Waals surface area contributed by atoms with Gasteiger partial charge in [0.1, 0.15) is 11.7 Å². The topological polar surface area (TPSA) is 107 Å². The van der Waals surface area contributed by atoms with Gasteiger partial charge in [-0.05, 0) is 13.0 Å². The average Bonchev–Trinajstić information content (AvgIpc) is 2.27. The van der Waals surface area contributed by atoms with Crippen molar-refractivity contribution in [2.75, 3.05) is 0 Å². The van der Waals surface area contributed by atoms with Gasteiger partial charge in [-0.15, -0.1) is 0 Å². The molecule has 96 valence electrons. The smallest absolute Gasteiger partial charge is 0.345 e. The van der Waals surface area contributed by atoms with Crippen molar-refractivity contribution in [2.24, 2.45) is 0 Å². The number of esters is 1.